The third-order valence-corrected chi connectivity index (χ3v) is 11.0. The van der Waals surface area contributed by atoms with E-state index in [0.29, 0.717) is 23.9 Å². The molecule has 0 saturated heterocycles. The molecule has 5 aromatic rings. The van der Waals surface area contributed by atoms with Crippen LogP contribution in [0.3, 0.4) is 0 Å². The summed E-state index contributed by atoms with van der Waals surface area (Å²) in [6.07, 6.45) is 13.4. The first-order valence-electron chi connectivity index (χ1n) is 19.0. The molecule has 0 spiro atoms. The van der Waals surface area contributed by atoms with Crippen molar-refractivity contribution in [2.75, 3.05) is 0 Å². The van der Waals surface area contributed by atoms with Crippen LogP contribution in [0.2, 0.25) is 0 Å². The Morgan fingerprint density at radius 1 is 0.840 bits per heavy atom. The molecule has 4 nitrogen and oxygen atoms in total. The Morgan fingerprint density at radius 3 is 2.20 bits per heavy atom. The molecule has 3 aliphatic rings. The fourth-order valence-electron chi connectivity index (χ4n) is 8.45. The molecular weight excluding hydrogens is 791 g/mol. The third kappa shape index (κ3) is 7.24. The quantitative estimate of drug-likeness (QED) is 0.101. The van der Waals surface area contributed by atoms with Crippen molar-refractivity contribution in [1.82, 2.24) is 4.98 Å². The standard InChI is InChI=1S/C29H24NO.C16H29N2.Ir/c1-17(2)22-16-24(30-23-14-7-5-10-18(22)23)19-12-9-13-21-26(19)29(3,4)27-20-11-6-8-15-25(20)31-28(21)27;1-13(2)16(17-14-9-5-3-6-10-14)18-15-11-7-4-8-12-15;/h5-11,13-17H,1-4H3;13-15H,3-12H2,1-2H3;/q2*-1;. The second kappa shape index (κ2) is 15.5. The molecular formula is C45H53IrN3O-2. The average Bonchev–Trinajstić information content (AvgIpc) is 3.62. The summed E-state index contributed by atoms with van der Waals surface area (Å²) < 4.78 is 6.36. The third-order valence-electron chi connectivity index (χ3n) is 11.0. The predicted octanol–water partition coefficient (Wildman–Crippen LogP) is 13.0. The van der Waals surface area contributed by atoms with E-state index in [-0.39, 0.29) is 25.5 Å². The number of amidine groups is 1. The van der Waals surface area contributed by atoms with Gasteiger partial charge in [-0.05, 0) is 52.7 Å². The van der Waals surface area contributed by atoms with Crippen LogP contribution in [0.25, 0.3) is 49.8 Å². The van der Waals surface area contributed by atoms with E-state index in [4.69, 9.17) is 19.7 Å². The molecule has 5 heteroatoms. The second-order valence-electron chi connectivity index (χ2n) is 15.7. The van der Waals surface area contributed by atoms with Gasteiger partial charge in [0.1, 0.15) is 11.3 Å². The van der Waals surface area contributed by atoms with E-state index in [1.54, 1.807) is 0 Å². The van der Waals surface area contributed by atoms with E-state index >= 15 is 0 Å². The summed E-state index contributed by atoms with van der Waals surface area (Å²) in [7, 11) is 0. The number of hydrogen-bond donors (Lipinski definition) is 0. The SMILES string of the molecule is CC(C)C(=NC1CCCCC1)[N-]C1CCCCC1.CC(C)c1cc(-c2[c-]ccc3c2C(C)(C)c2c-3oc3ccccc23)nc2ccccc12.[Ir]. The molecule has 0 bridgehead atoms. The normalized spacial score (nSPS) is 17.7. The van der Waals surface area contributed by atoms with Crippen LogP contribution in [0, 0.1) is 12.0 Å². The maximum absolute atomic E-state index is 6.36. The first kappa shape index (κ1) is 36.5. The minimum absolute atomic E-state index is 0. The van der Waals surface area contributed by atoms with Crippen molar-refractivity contribution in [1.29, 1.82) is 0 Å². The fourth-order valence-corrected chi connectivity index (χ4v) is 8.45. The summed E-state index contributed by atoms with van der Waals surface area (Å²) >= 11 is 0. The number of benzene rings is 3. The van der Waals surface area contributed by atoms with Gasteiger partial charge in [0.2, 0.25) is 0 Å². The number of furan rings is 1. The Labute approximate surface area is 313 Å². The van der Waals surface area contributed by atoms with Crippen LogP contribution in [-0.4, -0.2) is 22.9 Å². The van der Waals surface area contributed by atoms with Crippen LogP contribution in [0.1, 0.15) is 128 Å². The number of para-hydroxylation sites is 2. The number of nitrogens with zero attached hydrogens (tertiary/aromatic N) is 3. The zero-order valence-electron chi connectivity index (χ0n) is 30.8. The van der Waals surface area contributed by atoms with Gasteiger partial charge in [0.25, 0.3) is 0 Å². The first-order valence-corrected chi connectivity index (χ1v) is 19.0. The van der Waals surface area contributed by atoms with Crippen molar-refractivity contribution >= 4 is 27.7 Å². The number of aliphatic imine (C=N–C) groups is 1. The first-order chi connectivity index (χ1) is 23.7. The molecule has 2 saturated carbocycles. The van der Waals surface area contributed by atoms with E-state index in [0.717, 1.165) is 39.5 Å². The fraction of sp³-hybridized carbons (Fsp3) is 0.467. The molecule has 3 aromatic carbocycles. The smallest absolute Gasteiger partial charge is 0.135 e. The van der Waals surface area contributed by atoms with Gasteiger partial charge in [-0.3, -0.25) is 4.98 Å². The van der Waals surface area contributed by atoms with Crippen LogP contribution in [-0.2, 0) is 25.5 Å². The molecule has 0 amide bonds. The summed E-state index contributed by atoms with van der Waals surface area (Å²) in [5, 5.41) is 7.40. The van der Waals surface area contributed by atoms with Gasteiger partial charge < -0.3 is 14.7 Å². The van der Waals surface area contributed by atoms with E-state index in [1.807, 2.05) is 12.1 Å². The zero-order chi connectivity index (χ0) is 34.1. The van der Waals surface area contributed by atoms with E-state index < -0.39 is 0 Å². The minimum Gasteiger partial charge on any atom is -0.466 e. The molecule has 265 valence electrons. The van der Waals surface area contributed by atoms with Gasteiger partial charge in [-0.25, -0.2) is 0 Å². The molecule has 2 aromatic heterocycles. The molecule has 2 fully saturated rings. The number of hydrogen-bond acceptors (Lipinski definition) is 3. The number of pyridine rings is 1. The van der Waals surface area contributed by atoms with Crippen molar-refractivity contribution in [3.8, 4) is 22.6 Å². The van der Waals surface area contributed by atoms with Crippen LogP contribution in [0.5, 0.6) is 0 Å². The van der Waals surface area contributed by atoms with Gasteiger partial charge in [0, 0.05) is 36.4 Å². The summed E-state index contributed by atoms with van der Waals surface area (Å²) in [5.74, 6) is 3.05. The van der Waals surface area contributed by atoms with Crippen molar-refractivity contribution in [2.45, 2.75) is 129 Å². The largest absolute Gasteiger partial charge is 0.466 e. The molecule has 0 atom stereocenters. The van der Waals surface area contributed by atoms with Gasteiger partial charge in [0.05, 0.1) is 5.52 Å². The van der Waals surface area contributed by atoms with Gasteiger partial charge >= 0.3 is 0 Å². The topological polar surface area (TPSA) is 52.5 Å². The average molecular weight is 844 g/mol. The van der Waals surface area contributed by atoms with Crippen molar-refractivity contribution in [3.63, 3.8) is 0 Å². The Balaban J connectivity index is 0.000000196. The van der Waals surface area contributed by atoms with E-state index in [1.165, 1.54) is 91.7 Å². The Kier molecular flexibility index (Phi) is 11.3. The number of rotatable bonds is 5. The summed E-state index contributed by atoms with van der Waals surface area (Å²) in [4.78, 5) is 10.1. The second-order valence-corrected chi connectivity index (χ2v) is 15.7. The molecule has 50 heavy (non-hydrogen) atoms. The van der Waals surface area contributed by atoms with Crippen LogP contribution < -0.4 is 0 Å². The van der Waals surface area contributed by atoms with Gasteiger partial charge in [-0.2, -0.15) is 0 Å². The molecule has 1 radical (unpaired) electrons. The van der Waals surface area contributed by atoms with Crippen LogP contribution in [0.4, 0.5) is 0 Å². The summed E-state index contributed by atoms with van der Waals surface area (Å²) in [6, 6.07) is 27.9. The predicted molar refractivity (Wildman–Crippen MR) is 207 cm³/mol. The van der Waals surface area contributed by atoms with Crippen molar-refractivity contribution in [3.05, 3.63) is 94.8 Å². The maximum atomic E-state index is 6.36. The van der Waals surface area contributed by atoms with Crippen molar-refractivity contribution < 1.29 is 24.5 Å². The summed E-state index contributed by atoms with van der Waals surface area (Å²) in [6.45, 7) is 13.6. The molecule has 0 unspecified atom stereocenters. The summed E-state index contributed by atoms with van der Waals surface area (Å²) in [5.41, 5.74) is 8.85. The zero-order valence-corrected chi connectivity index (χ0v) is 33.2. The monoisotopic (exact) mass is 844 g/mol. The molecule has 0 N–H and O–H groups in total. The Morgan fingerprint density at radius 2 is 1.50 bits per heavy atom. The van der Waals surface area contributed by atoms with Crippen LogP contribution in [0.15, 0.2) is 76.1 Å². The molecule has 3 aliphatic carbocycles. The van der Waals surface area contributed by atoms with E-state index in [2.05, 4.69) is 102 Å². The number of fused-ring (bicyclic) bond motifs is 6. The Bertz CT molecular complexity index is 1960. The Hall–Kier alpha value is -3.27. The van der Waals surface area contributed by atoms with Crippen molar-refractivity contribution in [2.24, 2.45) is 10.9 Å². The molecule has 8 rings (SSSR count). The molecule has 0 aliphatic heterocycles. The minimum atomic E-state index is -0.199. The number of aromatic nitrogens is 1. The van der Waals surface area contributed by atoms with Crippen LogP contribution >= 0.6 is 0 Å². The van der Waals surface area contributed by atoms with Gasteiger partial charge in [0.15, 0.2) is 0 Å². The van der Waals surface area contributed by atoms with E-state index in [9.17, 15) is 0 Å². The maximum Gasteiger partial charge on any atom is 0.135 e. The van der Waals surface area contributed by atoms with Gasteiger partial charge in [-0.1, -0.05) is 160 Å². The molecule has 2 heterocycles. The van der Waals surface area contributed by atoms with Gasteiger partial charge in [-0.15, -0.1) is 29.3 Å².